The number of benzene rings is 3. The predicted molar refractivity (Wildman–Crippen MR) is 120 cm³/mol. The van der Waals surface area contributed by atoms with Crippen LogP contribution in [-0.4, -0.2) is 17.0 Å². The number of nitro benzene ring substituents is 1. The van der Waals surface area contributed by atoms with Crippen molar-refractivity contribution in [3.05, 3.63) is 85.5 Å². The van der Waals surface area contributed by atoms with Crippen molar-refractivity contribution in [2.45, 2.75) is 37.7 Å². The highest BCUT2D eigenvalue weighted by molar-refractivity contribution is 14.1. The lowest BCUT2D eigenvalue weighted by Gasteiger charge is -2.33. The second-order valence-electron chi connectivity index (χ2n) is 7.32. The Hall–Kier alpha value is -2.48. The molecule has 2 atom stereocenters. The van der Waals surface area contributed by atoms with Crippen LogP contribution < -0.4 is 0 Å². The molecule has 1 saturated carbocycles. The normalized spacial score (nSPS) is 19.1. The van der Waals surface area contributed by atoms with Gasteiger partial charge in [-0.05, 0) is 76.4 Å². The number of fused-ring (bicyclic) bond motifs is 1. The Kier molecular flexibility index (Phi) is 5.80. The van der Waals surface area contributed by atoms with Gasteiger partial charge < -0.3 is 4.74 Å². The summed E-state index contributed by atoms with van der Waals surface area (Å²) in [5.41, 5.74) is 1.56. The molecule has 4 rings (SSSR count). The lowest BCUT2D eigenvalue weighted by atomic mass is 9.80. The summed E-state index contributed by atoms with van der Waals surface area (Å²) in [4.78, 5) is 23.1. The van der Waals surface area contributed by atoms with Gasteiger partial charge in [0, 0.05) is 21.6 Å². The number of rotatable bonds is 4. The molecule has 3 aromatic carbocycles. The number of hydrogen-bond donors (Lipinski definition) is 0. The van der Waals surface area contributed by atoms with E-state index < -0.39 is 10.9 Å². The van der Waals surface area contributed by atoms with Gasteiger partial charge in [-0.2, -0.15) is 0 Å². The molecule has 0 saturated heterocycles. The summed E-state index contributed by atoms with van der Waals surface area (Å²) in [6, 6.07) is 18.2. The monoisotopic (exact) mass is 501 g/mol. The van der Waals surface area contributed by atoms with Crippen LogP contribution in [0.15, 0.2) is 60.7 Å². The number of ether oxygens (including phenoxy) is 1. The van der Waals surface area contributed by atoms with Gasteiger partial charge in [-0.3, -0.25) is 10.1 Å². The maximum Gasteiger partial charge on any atom is 0.338 e. The summed E-state index contributed by atoms with van der Waals surface area (Å²) < 4.78 is 7.12. The van der Waals surface area contributed by atoms with Crippen LogP contribution in [0.5, 0.6) is 0 Å². The third-order valence-electron chi connectivity index (χ3n) is 5.56. The number of nitro groups is 1. The van der Waals surface area contributed by atoms with Crippen molar-refractivity contribution in [1.29, 1.82) is 0 Å². The molecular formula is C23H20INO4. The Morgan fingerprint density at radius 2 is 1.72 bits per heavy atom. The van der Waals surface area contributed by atoms with Crippen LogP contribution in [0.2, 0.25) is 0 Å². The molecule has 3 aromatic rings. The highest BCUT2D eigenvalue weighted by Gasteiger charge is 2.32. The summed E-state index contributed by atoms with van der Waals surface area (Å²) >= 11 is 2.37. The van der Waals surface area contributed by atoms with Gasteiger partial charge in [-0.25, -0.2) is 4.79 Å². The van der Waals surface area contributed by atoms with E-state index in [2.05, 4.69) is 46.9 Å². The zero-order chi connectivity index (χ0) is 20.4. The lowest BCUT2D eigenvalue weighted by molar-refractivity contribution is -0.384. The van der Waals surface area contributed by atoms with Gasteiger partial charge in [0.2, 0.25) is 0 Å². The van der Waals surface area contributed by atoms with Crippen LogP contribution in [0.1, 0.15) is 47.5 Å². The molecule has 29 heavy (non-hydrogen) atoms. The number of halogens is 1. The molecule has 6 heteroatoms. The molecule has 5 nitrogen and oxygen atoms in total. The smallest absolute Gasteiger partial charge is 0.338 e. The minimum atomic E-state index is -0.477. The quantitative estimate of drug-likeness (QED) is 0.184. The molecule has 1 aliphatic rings. The number of hydrogen-bond acceptors (Lipinski definition) is 4. The van der Waals surface area contributed by atoms with E-state index in [4.69, 9.17) is 4.74 Å². The zero-order valence-electron chi connectivity index (χ0n) is 15.7. The third kappa shape index (κ3) is 4.12. The Bertz CT molecular complexity index is 1060. The largest absolute Gasteiger partial charge is 0.458 e. The van der Waals surface area contributed by atoms with E-state index in [0.717, 1.165) is 25.7 Å². The molecule has 1 fully saturated rings. The minimum absolute atomic E-state index is 0.0394. The fourth-order valence-corrected chi connectivity index (χ4v) is 5.01. The van der Waals surface area contributed by atoms with Crippen molar-refractivity contribution in [3.63, 3.8) is 0 Å². The first-order valence-corrected chi connectivity index (χ1v) is 10.7. The van der Waals surface area contributed by atoms with Gasteiger partial charge in [0.1, 0.15) is 6.10 Å². The van der Waals surface area contributed by atoms with Crippen LogP contribution in [0.3, 0.4) is 0 Å². The van der Waals surface area contributed by atoms with Gasteiger partial charge in [-0.15, -0.1) is 0 Å². The Labute approximate surface area is 182 Å². The Morgan fingerprint density at radius 1 is 1.00 bits per heavy atom. The van der Waals surface area contributed by atoms with Crippen molar-refractivity contribution < 1.29 is 14.5 Å². The van der Waals surface area contributed by atoms with E-state index in [9.17, 15) is 14.9 Å². The molecule has 0 spiro atoms. The molecule has 0 unspecified atom stereocenters. The first-order chi connectivity index (χ1) is 14.0. The van der Waals surface area contributed by atoms with Crippen molar-refractivity contribution in [2.75, 3.05) is 0 Å². The number of nitrogens with zero attached hydrogens (tertiary/aromatic N) is 1. The maximum atomic E-state index is 12.7. The average Bonchev–Trinajstić information content (AvgIpc) is 2.74. The molecule has 0 heterocycles. The highest BCUT2D eigenvalue weighted by Crippen LogP contribution is 2.40. The van der Waals surface area contributed by atoms with E-state index in [0.29, 0.717) is 5.56 Å². The zero-order valence-corrected chi connectivity index (χ0v) is 17.9. The predicted octanol–water partition coefficient (Wildman–Crippen LogP) is 6.24. The number of non-ortho nitro benzene ring substituents is 1. The minimum Gasteiger partial charge on any atom is -0.458 e. The van der Waals surface area contributed by atoms with Crippen LogP contribution in [0.4, 0.5) is 5.69 Å². The average molecular weight is 501 g/mol. The Balaban J connectivity index is 1.62. The van der Waals surface area contributed by atoms with Crippen LogP contribution in [0.25, 0.3) is 10.8 Å². The summed E-state index contributed by atoms with van der Waals surface area (Å²) in [5.74, 6) is -0.282. The van der Waals surface area contributed by atoms with Gasteiger partial charge in [-0.1, -0.05) is 36.8 Å². The van der Waals surface area contributed by atoms with E-state index in [-0.39, 0.29) is 17.7 Å². The summed E-state index contributed by atoms with van der Waals surface area (Å²) in [5, 5.41) is 13.2. The van der Waals surface area contributed by atoms with Gasteiger partial charge in [0.15, 0.2) is 0 Å². The SMILES string of the molecule is O=C(O[C@@H]1CCCC[C@@H]1c1c(I)ccc2ccccc12)c1ccc([N+](=O)[O-])cc1. The van der Waals surface area contributed by atoms with Crippen LogP contribution in [0, 0.1) is 13.7 Å². The van der Waals surface area contributed by atoms with Crippen molar-refractivity contribution in [3.8, 4) is 0 Å². The molecule has 148 valence electrons. The second kappa shape index (κ2) is 8.49. The second-order valence-corrected chi connectivity index (χ2v) is 8.48. The first-order valence-electron chi connectivity index (χ1n) is 9.67. The summed E-state index contributed by atoms with van der Waals surface area (Å²) in [6.07, 6.45) is 3.72. The molecule has 0 bridgehead atoms. The topological polar surface area (TPSA) is 69.4 Å². The molecule has 0 N–H and O–H groups in total. The van der Waals surface area contributed by atoms with Gasteiger partial charge in [0.05, 0.1) is 10.5 Å². The number of esters is 1. The standard InChI is InChI=1S/C23H20INO4/c24-20-14-11-15-5-1-2-6-18(15)22(20)19-7-3-4-8-21(19)29-23(26)16-9-12-17(13-10-16)25(27)28/h1-2,5-6,9-14,19,21H,3-4,7-8H2/t19-,21+/m0/s1. The van der Waals surface area contributed by atoms with E-state index in [1.54, 1.807) is 0 Å². The fourth-order valence-electron chi connectivity index (χ4n) is 4.14. The maximum absolute atomic E-state index is 12.7. The third-order valence-corrected chi connectivity index (χ3v) is 6.50. The number of carbonyl (C=O) groups is 1. The van der Waals surface area contributed by atoms with Crippen molar-refractivity contribution >= 4 is 45.0 Å². The molecular weight excluding hydrogens is 481 g/mol. The van der Waals surface area contributed by atoms with E-state index in [1.807, 2.05) is 12.1 Å². The van der Waals surface area contributed by atoms with Gasteiger partial charge in [0.25, 0.3) is 5.69 Å². The van der Waals surface area contributed by atoms with Crippen LogP contribution >= 0.6 is 22.6 Å². The Morgan fingerprint density at radius 3 is 2.48 bits per heavy atom. The van der Waals surface area contributed by atoms with E-state index >= 15 is 0 Å². The summed E-state index contributed by atoms with van der Waals surface area (Å²) in [6.45, 7) is 0. The van der Waals surface area contributed by atoms with Crippen molar-refractivity contribution in [1.82, 2.24) is 0 Å². The molecule has 0 radical (unpaired) electrons. The molecule has 0 aromatic heterocycles. The van der Waals surface area contributed by atoms with Crippen molar-refractivity contribution in [2.24, 2.45) is 0 Å². The van der Waals surface area contributed by atoms with E-state index in [1.165, 1.54) is 44.2 Å². The molecule has 0 amide bonds. The number of carbonyl (C=O) groups excluding carboxylic acids is 1. The fraction of sp³-hybridized carbons (Fsp3) is 0.261. The van der Waals surface area contributed by atoms with Crippen LogP contribution in [-0.2, 0) is 4.74 Å². The molecule has 0 aliphatic heterocycles. The first kappa shape index (κ1) is 19.8. The van der Waals surface area contributed by atoms with Gasteiger partial charge >= 0.3 is 5.97 Å². The highest BCUT2D eigenvalue weighted by atomic mass is 127. The molecule has 1 aliphatic carbocycles. The summed E-state index contributed by atoms with van der Waals surface area (Å²) in [7, 11) is 0. The lowest BCUT2D eigenvalue weighted by Crippen LogP contribution is -2.29.